The van der Waals surface area contributed by atoms with E-state index in [0.29, 0.717) is 17.8 Å². The number of hydrogen-bond acceptors (Lipinski definition) is 2. The number of aromatic hydroxyl groups is 1. The quantitative estimate of drug-likeness (QED) is 0.814. The van der Waals surface area contributed by atoms with Crippen molar-refractivity contribution in [1.29, 1.82) is 0 Å². The fraction of sp³-hybridized carbons (Fsp3) is 0.600. The van der Waals surface area contributed by atoms with E-state index in [-0.39, 0.29) is 0 Å². The largest absolute Gasteiger partial charge is 0.508 e. The summed E-state index contributed by atoms with van der Waals surface area (Å²) in [6, 6.07) is 8.59. The summed E-state index contributed by atoms with van der Waals surface area (Å²) in [6.45, 7) is 4.50. The highest BCUT2D eigenvalue weighted by atomic mass is 16.3. The second-order valence-corrected chi connectivity index (χ2v) is 5.20. The first kappa shape index (κ1) is 12.4. The van der Waals surface area contributed by atoms with Crippen molar-refractivity contribution in [3.63, 3.8) is 0 Å². The first-order valence-electron chi connectivity index (χ1n) is 6.75. The van der Waals surface area contributed by atoms with Crippen LogP contribution in [0.3, 0.4) is 0 Å². The average Bonchev–Trinajstić information content (AvgIpc) is 2.25. The molecule has 0 saturated heterocycles. The van der Waals surface area contributed by atoms with Crippen molar-refractivity contribution >= 4 is 0 Å². The lowest BCUT2D eigenvalue weighted by atomic mass is 9.80. The zero-order chi connectivity index (χ0) is 12.3. The van der Waals surface area contributed by atoms with Crippen molar-refractivity contribution in [1.82, 2.24) is 5.32 Å². The van der Waals surface area contributed by atoms with E-state index in [1.807, 2.05) is 12.1 Å². The molecule has 94 valence electrons. The first-order valence-corrected chi connectivity index (χ1v) is 6.75. The van der Waals surface area contributed by atoms with E-state index in [4.69, 9.17) is 0 Å². The monoisotopic (exact) mass is 233 g/mol. The van der Waals surface area contributed by atoms with Crippen LogP contribution in [0.1, 0.15) is 51.1 Å². The Morgan fingerprint density at radius 2 is 1.94 bits per heavy atom. The minimum Gasteiger partial charge on any atom is -0.508 e. The molecule has 0 aromatic heterocycles. The fourth-order valence-corrected chi connectivity index (χ4v) is 2.55. The van der Waals surface area contributed by atoms with Gasteiger partial charge in [-0.25, -0.2) is 0 Å². The molecule has 0 bridgehead atoms. The van der Waals surface area contributed by atoms with Crippen molar-refractivity contribution < 1.29 is 5.11 Å². The van der Waals surface area contributed by atoms with Crippen LogP contribution in [0.5, 0.6) is 5.75 Å². The van der Waals surface area contributed by atoms with Gasteiger partial charge in [0.05, 0.1) is 0 Å². The summed E-state index contributed by atoms with van der Waals surface area (Å²) in [5.41, 5.74) is 1.27. The molecule has 17 heavy (non-hydrogen) atoms. The standard InChI is InChI=1S/C15H23NO/c1-3-15(13-7-9-14(17)10-8-13)16-11(2)12-5-4-6-12/h7-12,15-17H,3-6H2,1-2H3. The number of phenols is 1. The summed E-state index contributed by atoms with van der Waals surface area (Å²) >= 11 is 0. The summed E-state index contributed by atoms with van der Waals surface area (Å²) in [7, 11) is 0. The molecule has 0 aliphatic heterocycles. The van der Waals surface area contributed by atoms with Gasteiger partial charge in [-0.3, -0.25) is 0 Å². The summed E-state index contributed by atoms with van der Waals surface area (Å²) in [5, 5.41) is 13.0. The lowest BCUT2D eigenvalue weighted by molar-refractivity contribution is 0.225. The molecule has 1 saturated carbocycles. The smallest absolute Gasteiger partial charge is 0.115 e. The van der Waals surface area contributed by atoms with E-state index in [0.717, 1.165) is 12.3 Å². The molecule has 1 aromatic rings. The predicted molar refractivity (Wildman–Crippen MR) is 71.1 cm³/mol. The second-order valence-electron chi connectivity index (χ2n) is 5.20. The Bertz CT molecular complexity index is 342. The molecular weight excluding hydrogens is 210 g/mol. The highest BCUT2D eigenvalue weighted by Gasteiger charge is 2.25. The van der Waals surface area contributed by atoms with Crippen molar-refractivity contribution in [3.05, 3.63) is 29.8 Å². The SMILES string of the molecule is CCC(NC(C)C1CCC1)c1ccc(O)cc1. The van der Waals surface area contributed by atoms with Crippen LogP contribution in [-0.4, -0.2) is 11.1 Å². The zero-order valence-corrected chi connectivity index (χ0v) is 10.8. The Morgan fingerprint density at radius 3 is 2.41 bits per heavy atom. The molecular formula is C15H23NO. The lowest BCUT2D eigenvalue weighted by Gasteiger charge is -2.34. The molecule has 0 spiro atoms. The average molecular weight is 233 g/mol. The van der Waals surface area contributed by atoms with Crippen molar-refractivity contribution in [2.75, 3.05) is 0 Å². The van der Waals surface area contributed by atoms with Crippen LogP contribution in [-0.2, 0) is 0 Å². The van der Waals surface area contributed by atoms with E-state index in [1.165, 1.54) is 24.8 Å². The van der Waals surface area contributed by atoms with Crippen LogP contribution >= 0.6 is 0 Å². The number of nitrogens with one attached hydrogen (secondary N) is 1. The molecule has 2 unspecified atom stereocenters. The van der Waals surface area contributed by atoms with Gasteiger partial charge in [-0.05, 0) is 49.8 Å². The van der Waals surface area contributed by atoms with Crippen molar-refractivity contribution in [2.24, 2.45) is 5.92 Å². The van der Waals surface area contributed by atoms with Crippen LogP contribution in [0.2, 0.25) is 0 Å². The maximum absolute atomic E-state index is 9.31. The molecule has 2 nitrogen and oxygen atoms in total. The maximum Gasteiger partial charge on any atom is 0.115 e. The van der Waals surface area contributed by atoms with Gasteiger partial charge in [-0.2, -0.15) is 0 Å². The minimum absolute atomic E-state index is 0.343. The maximum atomic E-state index is 9.31. The third-order valence-electron chi connectivity index (χ3n) is 4.02. The Hall–Kier alpha value is -1.02. The summed E-state index contributed by atoms with van der Waals surface area (Å²) in [5.74, 6) is 1.21. The third kappa shape index (κ3) is 3.01. The van der Waals surface area contributed by atoms with Gasteiger partial charge < -0.3 is 10.4 Å². The van der Waals surface area contributed by atoms with Gasteiger partial charge in [0.25, 0.3) is 0 Å². The topological polar surface area (TPSA) is 32.3 Å². The fourth-order valence-electron chi connectivity index (χ4n) is 2.55. The van der Waals surface area contributed by atoms with E-state index in [2.05, 4.69) is 19.2 Å². The number of hydrogen-bond donors (Lipinski definition) is 2. The van der Waals surface area contributed by atoms with Crippen LogP contribution < -0.4 is 5.32 Å². The highest BCUT2D eigenvalue weighted by molar-refractivity contribution is 5.28. The molecule has 2 rings (SSSR count). The van der Waals surface area contributed by atoms with Gasteiger partial charge in [0.15, 0.2) is 0 Å². The van der Waals surface area contributed by atoms with Crippen LogP contribution in [0, 0.1) is 5.92 Å². The number of benzene rings is 1. The summed E-state index contributed by atoms with van der Waals surface area (Å²) in [6.07, 6.45) is 5.23. The minimum atomic E-state index is 0.343. The zero-order valence-electron chi connectivity index (χ0n) is 10.8. The van der Waals surface area contributed by atoms with Crippen LogP contribution in [0.25, 0.3) is 0 Å². The van der Waals surface area contributed by atoms with Gasteiger partial charge in [0.1, 0.15) is 5.75 Å². The van der Waals surface area contributed by atoms with Gasteiger partial charge >= 0.3 is 0 Å². The lowest BCUT2D eigenvalue weighted by Crippen LogP contribution is -2.39. The Morgan fingerprint density at radius 1 is 1.29 bits per heavy atom. The van der Waals surface area contributed by atoms with Gasteiger partial charge in [-0.15, -0.1) is 0 Å². The molecule has 0 amide bonds. The Balaban J connectivity index is 1.97. The van der Waals surface area contributed by atoms with E-state index < -0.39 is 0 Å². The first-order chi connectivity index (χ1) is 8.20. The van der Waals surface area contributed by atoms with Gasteiger partial charge in [0, 0.05) is 12.1 Å². The Labute approximate surface area is 104 Å². The summed E-state index contributed by atoms with van der Waals surface area (Å²) < 4.78 is 0. The molecule has 0 radical (unpaired) electrons. The molecule has 1 aliphatic rings. The predicted octanol–water partition coefficient (Wildman–Crippen LogP) is 3.62. The third-order valence-corrected chi connectivity index (χ3v) is 4.02. The van der Waals surface area contributed by atoms with E-state index in [1.54, 1.807) is 12.1 Å². The molecule has 2 atom stereocenters. The van der Waals surface area contributed by atoms with Crippen molar-refractivity contribution in [3.8, 4) is 5.75 Å². The van der Waals surface area contributed by atoms with Gasteiger partial charge in [-0.1, -0.05) is 25.5 Å². The highest BCUT2D eigenvalue weighted by Crippen LogP contribution is 2.31. The van der Waals surface area contributed by atoms with E-state index in [9.17, 15) is 5.11 Å². The van der Waals surface area contributed by atoms with E-state index >= 15 is 0 Å². The number of rotatable bonds is 5. The molecule has 0 heterocycles. The van der Waals surface area contributed by atoms with Gasteiger partial charge in [0.2, 0.25) is 0 Å². The van der Waals surface area contributed by atoms with Crippen LogP contribution in [0.4, 0.5) is 0 Å². The molecule has 1 aliphatic carbocycles. The second kappa shape index (κ2) is 5.54. The van der Waals surface area contributed by atoms with Crippen LogP contribution in [0.15, 0.2) is 24.3 Å². The number of phenolic OH excluding ortho intramolecular Hbond substituents is 1. The normalized spacial score (nSPS) is 19.6. The molecule has 1 fully saturated rings. The molecule has 1 aromatic carbocycles. The summed E-state index contributed by atoms with van der Waals surface area (Å²) in [4.78, 5) is 0. The molecule has 2 heteroatoms. The van der Waals surface area contributed by atoms with Crippen molar-refractivity contribution in [2.45, 2.75) is 51.6 Å². The Kier molecular flexibility index (Phi) is 4.06. The molecule has 2 N–H and O–H groups in total.